The number of hydrogen-bond donors (Lipinski definition) is 3. The maximum absolute atomic E-state index is 14.4. The highest BCUT2D eigenvalue weighted by Gasteiger charge is 2.63. The summed E-state index contributed by atoms with van der Waals surface area (Å²) in [6.45, 7) is 6.63. The van der Waals surface area contributed by atoms with E-state index < -0.39 is 73.8 Å². The summed E-state index contributed by atoms with van der Waals surface area (Å²) in [6.07, 6.45) is 6.28. The normalized spacial score (nSPS) is 27.9. The quantitative estimate of drug-likeness (QED) is 0.345. The number of amides is 4. The van der Waals surface area contributed by atoms with Gasteiger partial charge in [-0.15, -0.1) is 0 Å². The minimum absolute atomic E-state index is 0.0153. The van der Waals surface area contributed by atoms with E-state index in [2.05, 4.69) is 25.3 Å². The predicted molar refractivity (Wildman–Crippen MR) is 195 cm³/mol. The van der Waals surface area contributed by atoms with Gasteiger partial charge in [0.15, 0.2) is 5.15 Å². The molecular weight excluding hydrogens is 728 g/mol. The third kappa shape index (κ3) is 8.48. The number of alkyl carbamates (subject to hydrolysis) is 1. The van der Waals surface area contributed by atoms with E-state index in [9.17, 15) is 27.6 Å². The third-order valence-corrected chi connectivity index (χ3v) is 12.6. The van der Waals surface area contributed by atoms with Gasteiger partial charge in [0.25, 0.3) is 11.8 Å². The van der Waals surface area contributed by atoms with Crippen molar-refractivity contribution in [3.8, 4) is 11.6 Å². The number of carbonyl (C=O) groups excluding carboxylic acids is 4. The number of nitrogens with zero attached hydrogens (tertiary/aromatic N) is 3. The molecule has 0 spiro atoms. The lowest BCUT2D eigenvalue weighted by Crippen LogP contribution is -2.58. The molecule has 3 fully saturated rings. The number of rotatable bonds is 7. The maximum Gasteiger partial charge on any atom is 0.408 e. The van der Waals surface area contributed by atoms with Gasteiger partial charge in [-0.1, -0.05) is 36.6 Å². The van der Waals surface area contributed by atoms with E-state index in [4.69, 9.17) is 25.8 Å². The van der Waals surface area contributed by atoms with Crippen molar-refractivity contribution < 1.29 is 41.8 Å². The van der Waals surface area contributed by atoms with Crippen molar-refractivity contribution in [1.82, 2.24) is 30.2 Å². The largest absolute Gasteiger partial charge is 0.497 e. The van der Waals surface area contributed by atoms with Gasteiger partial charge < -0.3 is 29.7 Å². The molecule has 6 rings (SSSR count). The zero-order chi connectivity index (χ0) is 38.3. The highest BCUT2D eigenvalue weighted by atomic mass is 35.5. The number of halogens is 1. The second-order valence-electron chi connectivity index (χ2n) is 15.6. The molecule has 1 saturated heterocycles. The molecule has 288 valence electrons. The van der Waals surface area contributed by atoms with Crippen molar-refractivity contribution in [3.63, 3.8) is 0 Å². The molecule has 2 aliphatic heterocycles. The summed E-state index contributed by atoms with van der Waals surface area (Å²) < 4.78 is 44.4. The Morgan fingerprint density at radius 2 is 1.85 bits per heavy atom. The Bertz CT molecular complexity index is 1930. The smallest absolute Gasteiger partial charge is 0.408 e. The summed E-state index contributed by atoms with van der Waals surface area (Å²) in [6, 6.07) is 2.89. The van der Waals surface area contributed by atoms with Crippen LogP contribution in [-0.2, 0) is 29.1 Å². The zero-order valence-corrected chi connectivity index (χ0v) is 32.1. The van der Waals surface area contributed by atoms with Crippen LogP contribution in [0.15, 0.2) is 30.4 Å². The SMILES string of the molecule is COc1ccc2nc(Cl)c(O[C@@H]3C[C@H]4C(=O)N[C@]5(C(=O)NS(=O)(=O)C6(C)CC6)C[C@H]5/C=C\CCCCC[C@H](NC(=O)OC(C)(C)C)C(=O)N4C3)nc2c1. The molecule has 1 aromatic heterocycles. The van der Waals surface area contributed by atoms with Crippen molar-refractivity contribution in [2.75, 3.05) is 13.7 Å². The molecule has 2 aliphatic carbocycles. The maximum atomic E-state index is 14.4. The molecule has 4 amide bonds. The van der Waals surface area contributed by atoms with Gasteiger partial charge in [-0.25, -0.2) is 23.2 Å². The van der Waals surface area contributed by atoms with Crippen LogP contribution in [0, 0.1) is 5.92 Å². The molecule has 3 N–H and O–H groups in total. The van der Waals surface area contributed by atoms with E-state index >= 15 is 0 Å². The lowest BCUT2D eigenvalue weighted by atomic mass is 10.0. The van der Waals surface area contributed by atoms with Crippen LogP contribution in [-0.4, -0.2) is 94.8 Å². The predicted octanol–water partition coefficient (Wildman–Crippen LogP) is 3.93. The number of ether oxygens (including phenoxy) is 3. The van der Waals surface area contributed by atoms with Gasteiger partial charge in [0.1, 0.15) is 35.1 Å². The number of methoxy groups -OCH3 is 1. The van der Waals surface area contributed by atoms with Crippen molar-refractivity contribution >= 4 is 56.5 Å². The average Bonchev–Trinajstić information content (AvgIpc) is 3.96. The van der Waals surface area contributed by atoms with E-state index in [0.29, 0.717) is 42.5 Å². The van der Waals surface area contributed by atoms with Gasteiger partial charge in [0, 0.05) is 18.4 Å². The minimum Gasteiger partial charge on any atom is -0.497 e. The Kier molecular flexibility index (Phi) is 10.6. The van der Waals surface area contributed by atoms with Gasteiger partial charge >= 0.3 is 6.09 Å². The molecule has 5 atom stereocenters. The summed E-state index contributed by atoms with van der Waals surface area (Å²) in [5.74, 6) is -1.95. The van der Waals surface area contributed by atoms with Crippen LogP contribution in [0.3, 0.4) is 0 Å². The highest BCUT2D eigenvalue weighted by molar-refractivity contribution is 7.91. The number of hydrogen-bond acceptors (Lipinski definition) is 11. The molecule has 2 saturated carbocycles. The van der Waals surface area contributed by atoms with Crippen molar-refractivity contribution in [2.45, 2.75) is 120 Å². The standard InChI is InChI=1S/C36H47ClN6O9S/c1-34(2,3)52-33(47)40-25-12-10-8-6-7-9-11-21-19-36(21,32(46)42-53(48,49)35(4)15-16-35)41-29(44)27-18-23(20-43(27)31(25)45)51-30-28(37)38-24-14-13-22(50-5)17-26(24)39-30/h9,11,13-14,17,21,23,25,27H,6-8,10,12,15-16,18-20H2,1-5H3,(H,40,47)(H,41,44)(H,42,46)/b11-9-/t21-,23-,25+,27+,36-/m1/s1. The lowest BCUT2D eigenvalue weighted by molar-refractivity contribution is -0.141. The van der Waals surface area contributed by atoms with E-state index in [1.807, 2.05) is 12.2 Å². The Labute approximate surface area is 314 Å². The molecular formula is C36H47ClN6O9S. The highest BCUT2D eigenvalue weighted by Crippen LogP contribution is 2.47. The summed E-state index contributed by atoms with van der Waals surface area (Å²) in [5.41, 5.74) is -1.41. The zero-order valence-electron chi connectivity index (χ0n) is 30.6. The third-order valence-electron chi connectivity index (χ3n) is 10.2. The number of fused-ring (bicyclic) bond motifs is 3. The summed E-state index contributed by atoms with van der Waals surface area (Å²) >= 11 is 6.49. The van der Waals surface area contributed by atoms with Crippen LogP contribution in [0.4, 0.5) is 4.79 Å². The monoisotopic (exact) mass is 774 g/mol. The van der Waals surface area contributed by atoms with Crippen LogP contribution in [0.2, 0.25) is 5.15 Å². The second kappa shape index (κ2) is 14.6. The fourth-order valence-electron chi connectivity index (χ4n) is 6.75. The number of carbonyl (C=O) groups is 4. The topological polar surface area (TPSA) is 195 Å². The first-order chi connectivity index (χ1) is 24.9. The van der Waals surface area contributed by atoms with Crippen LogP contribution in [0.1, 0.15) is 85.5 Å². The van der Waals surface area contributed by atoms with E-state index in [0.717, 1.165) is 12.8 Å². The van der Waals surface area contributed by atoms with Gasteiger partial charge in [0.05, 0.1) is 29.4 Å². The van der Waals surface area contributed by atoms with Gasteiger partial charge in [-0.2, -0.15) is 0 Å². The van der Waals surface area contributed by atoms with Crippen LogP contribution >= 0.6 is 11.6 Å². The van der Waals surface area contributed by atoms with E-state index in [1.54, 1.807) is 45.9 Å². The minimum atomic E-state index is -4.00. The molecule has 4 aliphatic rings. The molecule has 0 bridgehead atoms. The second-order valence-corrected chi connectivity index (χ2v) is 18.1. The first-order valence-corrected chi connectivity index (χ1v) is 19.8. The summed E-state index contributed by atoms with van der Waals surface area (Å²) in [7, 11) is -2.48. The number of nitrogens with one attached hydrogen (secondary N) is 3. The van der Waals surface area contributed by atoms with Crippen LogP contribution in [0.5, 0.6) is 11.6 Å². The molecule has 1 aromatic carbocycles. The molecule has 0 radical (unpaired) electrons. The van der Waals surface area contributed by atoms with Gasteiger partial charge in [0.2, 0.25) is 21.8 Å². The van der Waals surface area contributed by atoms with Gasteiger partial charge in [-0.05, 0) is 78.4 Å². The molecule has 17 heteroatoms. The van der Waals surface area contributed by atoms with Crippen molar-refractivity contribution in [1.29, 1.82) is 0 Å². The lowest BCUT2D eigenvalue weighted by Gasteiger charge is -2.30. The average molecular weight is 775 g/mol. The van der Waals surface area contributed by atoms with Gasteiger partial charge in [-0.3, -0.25) is 19.1 Å². The Balaban J connectivity index is 1.31. The van der Waals surface area contributed by atoms with Crippen LogP contribution in [0.25, 0.3) is 11.0 Å². The number of aromatic nitrogens is 2. The number of allylic oxidation sites excluding steroid dienone is 1. The number of benzene rings is 1. The molecule has 0 unspecified atom stereocenters. The van der Waals surface area contributed by atoms with Crippen molar-refractivity contribution in [2.24, 2.45) is 5.92 Å². The Hall–Kier alpha value is -4.18. The van der Waals surface area contributed by atoms with E-state index in [1.165, 1.54) is 12.0 Å². The molecule has 15 nitrogen and oxygen atoms in total. The summed E-state index contributed by atoms with van der Waals surface area (Å²) in [5, 5.41) is 5.53. The first kappa shape index (κ1) is 38.5. The molecule has 53 heavy (non-hydrogen) atoms. The Morgan fingerprint density at radius 3 is 2.55 bits per heavy atom. The van der Waals surface area contributed by atoms with Crippen molar-refractivity contribution in [3.05, 3.63) is 35.5 Å². The molecule has 2 aromatic rings. The first-order valence-electron chi connectivity index (χ1n) is 18.0. The Morgan fingerprint density at radius 1 is 1.09 bits per heavy atom. The van der Waals surface area contributed by atoms with Crippen LogP contribution < -0.4 is 24.8 Å². The summed E-state index contributed by atoms with van der Waals surface area (Å²) in [4.78, 5) is 65.7. The molecule has 3 heterocycles. The van der Waals surface area contributed by atoms with E-state index in [-0.39, 0.29) is 36.8 Å². The number of sulfonamides is 1. The fraction of sp³-hybridized carbons (Fsp3) is 0.611. The fourth-order valence-corrected chi connectivity index (χ4v) is 8.24.